The third-order valence-corrected chi connectivity index (χ3v) is 6.98. The van der Waals surface area contributed by atoms with Crippen LogP contribution >= 0.6 is 0 Å². The lowest BCUT2D eigenvalue weighted by atomic mass is 10.0. The zero-order chi connectivity index (χ0) is 35.3. The number of aryl methyl sites for hydroxylation is 1. The quantitative estimate of drug-likeness (QED) is 0.137. The fraction of sp³-hybridized carbons (Fsp3) is 0.385. The highest BCUT2D eigenvalue weighted by Gasteiger charge is 2.19. The molecule has 2 heterocycles. The summed E-state index contributed by atoms with van der Waals surface area (Å²) in [5, 5.41) is 9.56. The van der Waals surface area contributed by atoms with Gasteiger partial charge >= 0.3 is 5.97 Å². The van der Waals surface area contributed by atoms with Gasteiger partial charge in [0.15, 0.2) is 5.78 Å². The van der Waals surface area contributed by atoms with E-state index in [9.17, 15) is 9.59 Å². The number of carboxylic acids is 1. The first kappa shape index (κ1) is 39.7. The summed E-state index contributed by atoms with van der Waals surface area (Å²) in [6, 6.07) is 25.5. The van der Waals surface area contributed by atoms with Crippen molar-refractivity contribution in [2.24, 2.45) is 5.73 Å². The molecule has 1 aliphatic rings. The van der Waals surface area contributed by atoms with Gasteiger partial charge < -0.3 is 29.8 Å². The molecule has 4 aromatic rings. The van der Waals surface area contributed by atoms with E-state index in [1.165, 1.54) is 12.1 Å². The van der Waals surface area contributed by atoms with Gasteiger partial charge in [0, 0.05) is 74.1 Å². The van der Waals surface area contributed by atoms with Crippen LogP contribution in [0.25, 0.3) is 10.9 Å². The molecule has 0 bridgehead atoms. The van der Waals surface area contributed by atoms with Crippen molar-refractivity contribution >= 4 is 28.3 Å². The van der Waals surface area contributed by atoms with E-state index >= 15 is 0 Å². The zero-order valence-electron chi connectivity index (χ0n) is 29.5. The number of carboxylic acid groups (broad SMARTS) is 1. The Balaban J connectivity index is 0.000000290. The van der Waals surface area contributed by atoms with Crippen LogP contribution in [0.5, 0.6) is 5.75 Å². The van der Waals surface area contributed by atoms with E-state index in [2.05, 4.69) is 35.8 Å². The van der Waals surface area contributed by atoms with Crippen LogP contribution in [-0.2, 0) is 16.1 Å². The Morgan fingerprint density at radius 2 is 1.48 bits per heavy atom. The summed E-state index contributed by atoms with van der Waals surface area (Å²) < 4.78 is 12.5. The topological polar surface area (TPSA) is 110 Å². The first-order valence-corrected chi connectivity index (χ1v) is 16.6. The standard InChI is InChI=1S/C20H17NO3.C13H20N2O2.C3H9N.C3H8/c22-19(23)12-6-7-13-21-14-17(16-10-4-5-11-18(16)21)20(24)15-8-2-1-3-9-15;1-16-11-14-7-9-15(10-8-14)12-5-3-4-6-13(12)17-2;1-3(2)4;1-3-2/h1-6,8-12,14H,7,13H2,(H,22,23);3-6H,7-11H2,1-2H3;3H,4H2,1-2H3;3H2,1-2H3/b12-6+;;;. The first-order valence-electron chi connectivity index (χ1n) is 16.6. The van der Waals surface area contributed by atoms with E-state index in [-0.39, 0.29) is 5.78 Å². The largest absolute Gasteiger partial charge is 0.495 e. The van der Waals surface area contributed by atoms with E-state index in [0.717, 1.165) is 55.6 Å². The minimum atomic E-state index is -0.952. The number of ether oxygens (including phenoxy) is 2. The molecule has 0 amide bonds. The van der Waals surface area contributed by atoms with Gasteiger partial charge in [-0.15, -0.1) is 0 Å². The number of nitrogens with two attached hydrogens (primary N) is 1. The number of aromatic nitrogens is 1. The molecule has 1 aromatic heterocycles. The summed E-state index contributed by atoms with van der Waals surface area (Å²) in [5.74, 6) is -0.00775. The van der Waals surface area contributed by atoms with E-state index in [0.29, 0.717) is 30.1 Å². The lowest BCUT2D eigenvalue weighted by Crippen LogP contribution is -2.47. The summed E-state index contributed by atoms with van der Waals surface area (Å²) in [4.78, 5) is 28.0. The molecule has 0 unspecified atom stereocenters. The number of hydrogen-bond acceptors (Lipinski definition) is 7. The van der Waals surface area contributed by atoms with Crippen molar-refractivity contribution in [2.75, 3.05) is 52.0 Å². The summed E-state index contributed by atoms with van der Waals surface area (Å²) >= 11 is 0. The molecule has 0 spiro atoms. The van der Waals surface area contributed by atoms with Crippen molar-refractivity contribution in [3.8, 4) is 5.75 Å². The lowest BCUT2D eigenvalue weighted by molar-refractivity contribution is -0.131. The van der Waals surface area contributed by atoms with Gasteiger partial charge in [0.2, 0.25) is 0 Å². The predicted octanol–water partition coefficient (Wildman–Crippen LogP) is 7.09. The van der Waals surface area contributed by atoms with Gasteiger partial charge in [0.1, 0.15) is 5.75 Å². The number of carbonyl (C=O) groups is 2. The highest BCUT2D eigenvalue weighted by Crippen LogP contribution is 2.28. The third-order valence-electron chi connectivity index (χ3n) is 6.98. The van der Waals surface area contributed by atoms with Gasteiger partial charge in [-0.3, -0.25) is 9.69 Å². The molecule has 0 saturated carbocycles. The molecule has 0 atom stereocenters. The monoisotopic (exact) mass is 658 g/mol. The molecule has 9 nitrogen and oxygen atoms in total. The van der Waals surface area contributed by atoms with Gasteiger partial charge in [-0.05, 0) is 30.7 Å². The maximum Gasteiger partial charge on any atom is 0.327 e. The number of allylic oxidation sites excluding steroid dienone is 1. The number of aliphatic carboxylic acids is 1. The fourth-order valence-electron chi connectivity index (χ4n) is 4.95. The Morgan fingerprint density at radius 1 is 0.896 bits per heavy atom. The lowest BCUT2D eigenvalue weighted by Gasteiger charge is -2.36. The smallest absolute Gasteiger partial charge is 0.327 e. The Labute approximate surface area is 286 Å². The maximum atomic E-state index is 12.8. The highest BCUT2D eigenvalue weighted by molar-refractivity contribution is 6.16. The number of nitrogens with zero attached hydrogens (tertiary/aromatic N) is 3. The van der Waals surface area contributed by atoms with E-state index in [4.69, 9.17) is 20.3 Å². The number of carbonyl (C=O) groups excluding carboxylic acids is 1. The molecular formula is C39H54N4O5. The molecule has 3 N–H and O–H groups in total. The minimum absolute atomic E-state index is 0.00775. The van der Waals surface area contributed by atoms with Gasteiger partial charge in [0.05, 0.1) is 19.5 Å². The number of ketones is 1. The van der Waals surface area contributed by atoms with Crippen molar-refractivity contribution in [3.63, 3.8) is 0 Å². The van der Waals surface area contributed by atoms with E-state index < -0.39 is 5.97 Å². The molecule has 1 aliphatic heterocycles. The molecule has 5 rings (SSSR count). The molecule has 260 valence electrons. The predicted molar refractivity (Wildman–Crippen MR) is 197 cm³/mol. The van der Waals surface area contributed by atoms with Crippen LogP contribution in [0.4, 0.5) is 5.69 Å². The van der Waals surface area contributed by atoms with Gasteiger partial charge in [-0.1, -0.05) is 101 Å². The number of piperazine rings is 1. The summed E-state index contributed by atoms with van der Waals surface area (Å²) in [6.07, 6.45) is 6.45. The van der Waals surface area contributed by atoms with Gasteiger partial charge in [-0.2, -0.15) is 0 Å². The van der Waals surface area contributed by atoms with Crippen molar-refractivity contribution in [2.45, 2.75) is 53.1 Å². The second kappa shape index (κ2) is 22.2. The maximum absolute atomic E-state index is 12.8. The molecule has 0 radical (unpaired) electrons. The molecule has 3 aromatic carbocycles. The summed E-state index contributed by atoms with van der Waals surface area (Å²) in [5.41, 5.74) is 8.60. The Morgan fingerprint density at radius 3 is 2.08 bits per heavy atom. The van der Waals surface area contributed by atoms with Gasteiger partial charge in [-0.25, -0.2) is 4.79 Å². The molecule has 9 heteroatoms. The average Bonchev–Trinajstić information content (AvgIpc) is 3.46. The van der Waals surface area contributed by atoms with Crippen LogP contribution in [0.2, 0.25) is 0 Å². The fourth-order valence-corrected chi connectivity index (χ4v) is 4.95. The number of methoxy groups -OCH3 is 2. The zero-order valence-corrected chi connectivity index (χ0v) is 29.5. The second-order valence-corrected chi connectivity index (χ2v) is 11.6. The molecular weight excluding hydrogens is 604 g/mol. The van der Waals surface area contributed by atoms with Crippen LogP contribution in [0.3, 0.4) is 0 Å². The van der Waals surface area contributed by atoms with Crippen LogP contribution in [-0.4, -0.2) is 79.5 Å². The van der Waals surface area contributed by atoms with Crippen LogP contribution in [0.15, 0.2) is 97.2 Å². The molecule has 0 aliphatic carbocycles. The second-order valence-electron chi connectivity index (χ2n) is 11.6. The molecule has 1 saturated heterocycles. The van der Waals surface area contributed by atoms with E-state index in [1.54, 1.807) is 20.3 Å². The Bertz CT molecular complexity index is 1520. The molecule has 1 fully saturated rings. The van der Waals surface area contributed by atoms with Crippen molar-refractivity contribution in [3.05, 3.63) is 108 Å². The van der Waals surface area contributed by atoms with Crippen LogP contribution in [0.1, 0.15) is 56.5 Å². The van der Waals surface area contributed by atoms with Crippen LogP contribution < -0.4 is 15.4 Å². The van der Waals surface area contributed by atoms with Crippen molar-refractivity contribution < 1.29 is 24.2 Å². The average molecular weight is 659 g/mol. The Hall–Kier alpha value is -4.44. The number of rotatable bonds is 10. The first-order chi connectivity index (χ1) is 23.2. The van der Waals surface area contributed by atoms with Gasteiger partial charge in [0.25, 0.3) is 0 Å². The molecule has 48 heavy (non-hydrogen) atoms. The normalized spacial score (nSPS) is 12.8. The summed E-state index contributed by atoms with van der Waals surface area (Å²) in [7, 11) is 3.46. The number of fused-ring (bicyclic) bond motifs is 1. The number of benzene rings is 3. The minimum Gasteiger partial charge on any atom is -0.495 e. The van der Waals surface area contributed by atoms with Crippen molar-refractivity contribution in [1.29, 1.82) is 0 Å². The Kier molecular flexibility index (Phi) is 18.4. The highest BCUT2D eigenvalue weighted by atomic mass is 16.5. The van der Waals surface area contributed by atoms with Crippen LogP contribution in [0, 0.1) is 0 Å². The van der Waals surface area contributed by atoms with Crippen molar-refractivity contribution in [1.82, 2.24) is 9.47 Å². The number of anilines is 1. The summed E-state index contributed by atoms with van der Waals surface area (Å²) in [6.45, 7) is 13.6. The third kappa shape index (κ3) is 13.4. The number of hydrogen-bond donors (Lipinski definition) is 2. The number of para-hydroxylation sites is 3. The SMILES string of the molecule is CC(C)N.CCC.COCN1CCN(c2ccccc2OC)CC1.O=C(O)/C=C/CCn1cc(C(=O)c2ccccc2)c2ccccc21. The van der Waals surface area contributed by atoms with E-state index in [1.807, 2.05) is 91.3 Å².